The van der Waals surface area contributed by atoms with Crippen LogP contribution in [0.2, 0.25) is 5.02 Å². The van der Waals surface area contributed by atoms with Crippen molar-refractivity contribution in [1.29, 1.82) is 0 Å². The normalized spacial score (nSPS) is 22.0. The smallest absolute Gasteiger partial charge is 0.263 e. The van der Waals surface area contributed by atoms with Gasteiger partial charge in [-0.3, -0.25) is 14.6 Å². The molecule has 25 heavy (non-hydrogen) atoms. The second kappa shape index (κ2) is 5.97. The van der Waals surface area contributed by atoms with Crippen molar-refractivity contribution in [3.63, 3.8) is 0 Å². The minimum atomic E-state index is -0.785. The van der Waals surface area contributed by atoms with Gasteiger partial charge in [0, 0.05) is 5.02 Å². The first kappa shape index (κ1) is 15.8. The molecule has 4 rings (SSSR count). The average Bonchev–Trinajstić information content (AvgIpc) is 3.12. The summed E-state index contributed by atoms with van der Waals surface area (Å²) in [4.78, 5) is 26.7. The fraction of sp³-hybridized carbons (Fsp3) is 0.222. The molecule has 2 aliphatic heterocycles. The highest BCUT2D eigenvalue weighted by molar-refractivity contribution is 6.31. The van der Waals surface area contributed by atoms with E-state index in [1.54, 1.807) is 29.3 Å². The first-order valence-electron chi connectivity index (χ1n) is 7.91. The van der Waals surface area contributed by atoms with Crippen molar-refractivity contribution < 1.29 is 9.59 Å². The van der Waals surface area contributed by atoms with Crippen molar-refractivity contribution >= 4 is 29.1 Å². The van der Waals surface area contributed by atoms with Gasteiger partial charge in [0.2, 0.25) is 0 Å². The predicted octanol–water partition coefficient (Wildman–Crippen LogP) is 3.14. The zero-order valence-electron chi connectivity index (χ0n) is 13.5. The fourth-order valence-corrected chi connectivity index (χ4v) is 3.29. The molecule has 2 aromatic carbocycles. The summed E-state index contributed by atoms with van der Waals surface area (Å²) in [6, 6.07) is 13.0. The molecule has 7 heteroatoms. The lowest BCUT2D eigenvalue weighted by Crippen LogP contribution is -2.39. The Hall–Kier alpha value is -2.73. The third-order valence-electron chi connectivity index (χ3n) is 4.54. The van der Waals surface area contributed by atoms with E-state index in [1.165, 1.54) is 4.90 Å². The number of rotatable bonds is 3. The van der Waals surface area contributed by atoms with Gasteiger partial charge in [0.25, 0.3) is 11.8 Å². The Morgan fingerprint density at radius 3 is 2.48 bits per heavy atom. The molecule has 2 aliphatic rings. The summed E-state index contributed by atoms with van der Waals surface area (Å²) in [7, 11) is 0. The average molecular weight is 355 g/mol. The molecule has 0 aliphatic carbocycles. The molecule has 126 valence electrons. The number of imide groups is 1. The molecule has 2 amide bonds. The van der Waals surface area contributed by atoms with Crippen molar-refractivity contribution in [2.75, 3.05) is 4.90 Å². The van der Waals surface area contributed by atoms with Crippen LogP contribution in [-0.2, 0) is 16.1 Å². The summed E-state index contributed by atoms with van der Waals surface area (Å²) in [6.45, 7) is 2.44. The zero-order valence-corrected chi connectivity index (χ0v) is 14.2. The molecule has 6 nitrogen and oxygen atoms in total. The monoisotopic (exact) mass is 354 g/mol. The molecule has 0 spiro atoms. The topological polar surface area (TPSA) is 65.3 Å². The molecule has 0 unspecified atom stereocenters. The predicted molar refractivity (Wildman–Crippen MR) is 93.1 cm³/mol. The van der Waals surface area contributed by atoms with E-state index in [4.69, 9.17) is 11.6 Å². The standard InChI is InChI=1S/C18H15ClN4O2/c1-11-4-2-3-5-12(11)10-22-16-15(20-21-22)17(24)23(18(16)25)14-8-6-13(19)7-9-14/h2-9,15-16H,10H2,1H3/t15-,16-/m0/s1. The number of amides is 2. The van der Waals surface area contributed by atoms with Gasteiger partial charge in [-0.1, -0.05) is 41.1 Å². The first-order chi connectivity index (χ1) is 12.1. The molecule has 1 saturated heterocycles. The molecular formula is C18H15ClN4O2. The number of aryl methyl sites for hydroxylation is 1. The quantitative estimate of drug-likeness (QED) is 0.795. The second-order valence-electron chi connectivity index (χ2n) is 6.11. The molecule has 0 saturated carbocycles. The Kier molecular flexibility index (Phi) is 3.77. The van der Waals surface area contributed by atoms with Crippen LogP contribution >= 0.6 is 11.6 Å². The van der Waals surface area contributed by atoms with Crippen molar-refractivity contribution in [2.24, 2.45) is 10.3 Å². The molecule has 2 heterocycles. The van der Waals surface area contributed by atoms with Crippen LogP contribution in [0.25, 0.3) is 0 Å². The molecule has 1 fully saturated rings. The SMILES string of the molecule is Cc1ccccc1CN1N=N[C@@H]2C(=O)N(c3ccc(Cl)cc3)C(=O)[C@H]21. The maximum atomic E-state index is 12.9. The highest BCUT2D eigenvalue weighted by Crippen LogP contribution is 2.33. The molecule has 2 aromatic rings. The minimum Gasteiger partial charge on any atom is -0.271 e. The van der Waals surface area contributed by atoms with E-state index in [0.717, 1.165) is 11.1 Å². The van der Waals surface area contributed by atoms with E-state index in [1.807, 2.05) is 31.2 Å². The van der Waals surface area contributed by atoms with Crippen LogP contribution in [-0.4, -0.2) is 28.9 Å². The summed E-state index contributed by atoms with van der Waals surface area (Å²) in [5.41, 5.74) is 2.65. The van der Waals surface area contributed by atoms with E-state index in [-0.39, 0.29) is 11.8 Å². The summed E-state index contributed by atoms with van der Waals surface area (Å²) in [5.74, 6) is -0.663. The van der Waals surface area contributed by atoms with Gasteiger partial charge >= 0.3 is 0 Å². The molecule has 0 bridgehead atoms. The van der Waals surface area contributed by atoms with Gasteiger partial charge in [0.1, 0.15) is 0 Å². The van der Waals surface area contributed by atoms with Crippen molar-refractivity contribution in [2.45, 2.75) is 25.6 Å². The fourth-order valence-electron chi connectivity index (χ4n) is 3.16. The summed E-state index contributed by atoms with van der Waals surface area (Å²) in [6.07, 6.45) is 0. The highest BCUT2D eigenvalue weighted by atomic mass is 35.5. The van der Waals surface area contributed by atoms with Gasteiger partial charge in [0.05, 0.1) is 12.2 Å². The number of anilines is 1. The van der Waals surface area contributed by atoms with Crippen LogP contribution < -0.4 is 4.90 Å². The van der Waals surface area contributed by atoms with Gasteiger partial charge < -0.3 is 0 Å². The Labute approximate surface area is 149 Å². The molecule has 0 N–H and O–H groups in total. The summed E-state index contributed by atoms with van der Waals surface area (Å²) >= 11 is 5.89. The Morgan fingerprint density at radius 1 is 1.04 bits per heavy atom. The number of benzene rings is 2. The number of carbonyl (C=O) groups is 2. The van der Waals surface area contributed by atoms with E-state index in [9.17, 15) is 9.59 Å². The van der Waals surface area contributed by atoms with Gasteiger partial charge in [0.15, 0.2) is 12.1 Å². The van der Waals surface area contributed by atoms with Crippen molar-refractivity contribution in [3.8, 4) is 0 Å². The van der Waals surface area contributed by atoms with E-state index in [0.29, 0.717) is 17.3 Å². The van der Waals surface area contributed by atoms with Crippen molar-refractivity contribution in [1.82, 2.24) is 5.01 Å². The molecule has 0 radical (unpaired) electrons. The van der Waals surface area contributed by atoms with Gasteiger partial charge in [-0.25, -0.2) is 4.90 Å². The summed E-state index contributed by atoms with van der Waals surface area (Å²) < 4.78 is 0. The van der Waals surface area contributed by atoms with Crippen LogP contribution in [0.5, 0.6) is 0 Å². The van der Waals surface area contributed by atoms with E-state index >= 15 is 0 Å². The largest absolute Gasteiger partial charge is 0.271 e. The van der Waals surface area contributed by atoms with Gasteiger partial charge in [-0.15, -0.1) is 0 Å². The van der Waals surface area contributed by atoms with Crippen LogP contribution in [0.1, 0.15) is 11.1 Å². The summed E-state index contributed by atoms with van der Waals surface area (Å²) in [5, 5.41) is 10.3. The second-order valence-corrected chi connectivity index (χ2v) is 6.54. The van der Waals surface area contributed by atoms with Gasteiger partial charge in [-0.2, -0.15) is 5.11 Å². The van der Waals surface area contributed by atoms with E-state index < -0.39 is 12.1 Å². The number of hydrogen-bond donors (Lipinski definition) is 0. The molecular weight excluding hydrogens is 340 g/mol. The maximum Gasteiger partial charge on any atom is 0.263 e. The maximum absolute atomic E-state index is 12.9. The molecule has 0 aromatic heterocycles. The lowest BCUT2D eigenvalue weighted by atomic mass is 10.1. The van der Waals surface area contributed by atoms with Gasteiger partial charge in [-0.05, 0) is 42.3 Å². The Morgan fingerprint density at radius 2 is 1.76 bits per heavy atom. The van der Waals surface area contributed by atoms with Crippen LogP contribution in [0.4, 0.5) is 5.69 Å². The Bertz CT molecular complexity index is 881. The number of halogens is 1. The van der Waals surface area contributed by atoms with E-state index in [2.05, 4.69) is 10.3 Å². The Balaban J connectivity index is 1.62. The van der Waals surface area contributed by atoms with Crippen LogP contribution in [0, 0.1) is 6.92 Å². The van der Waals surface area contributed by atoms with Crippen LogP contribution in [0.3, 0.4) is 0 Å². The molecule has 2 atom stereocenters. The number of hydrogen-bond acceptors (Lipinski definition) is 5. The highest BCUT2D eigenvalue weighted by Gasteiger charge is 2.54. The lowest BCUT2D eigenvalue weighted by Gasteiger charge is -2.21. The lowest BCUT2D eigenvalue weighted by molar-refractivity contribution is -0.123. The number of nitrogens with zero attached hydrogens (tertiary/aromatic N) is 4. The zero-order chi connectivity index (χ0) is 17.6. The van der Waals surface area contributed by atoms with Crippen LogP contribution in [0.15, 0.2) is 58.9 Å². The minimum absolute atomic E-state index is 0.309. The number of fused-ring (bicyclic) bond motifs is 1. The number of carbonyl (C=O) groups excluding carboxylic acids is 2. The first-order valence-corrected chi connectivity index (χ1v) is 8.29. The van der Waals surface area contributed by atoms with Crippen molar-refractivity contribution in [3.05, 3.63) is 64.7 Å². The third-order valence-corrected chi connectivity index (χ3v) is 4.79. The third kappa shape index (κ3) is 2.59.